The molecule has 8 aromatic rings. The number of benzene rings is 1. The lowest BCUT2D eigenvalue weighted by Crippen LogP contribution is -2.05. The zero-order chi connectivity index (χ0) is 33.7. The van der Waals surface area contributed by atoms with Crippen LogP contribution in [0.2, 0.25) is 5.15 Å². The maximum absolute atomic E-state index is 9.12. The van der Waals surface area contributed by atoms with Gasteiger partial charge in [0.1, 0.15) is 16.7 Å². The molecule has 13 heteroatoms. The Hall–Kier alpha value is -6.19. The molecule has 0 radical (unpaired) electrons. The number of rotatable bonds is 8. The normalized spacial score (nSPS) is 11.1. The Kier molecular flexibility index (Phi) is 8.90. The number of fused-ring (bicyclic) bond motifs is 2. The number of aromatic nitrogens is 11. The lowest BCUT2D eigenvalue weighted by atomic mass is 10.1. The first kappa shape index (κ1) is 31.4. The zero-order valence-corrected chi connectivity index (χ0v) is 27.6. The average molecular weight is 667 g/mol. The molecule has 0 bridgehead atoms. The molecule has 12 nitrogen and oxygen atoms in total. The predicted molar refractivity (Wildman–Crippen MR) is 186 cm³/mol. The van der Waals surface area contributed by atoms with Crippen molar-refractivity contribution in [3.05, 3.63) is 138 Å². The molecule has 0 N–H and O–H groups in total. The van der Waals surface area contributed by atoms with Crippen LogP contribution in [0.1, 0.15) is 42.2 Å². The summed E-state index contributed by atoms with van der Waals surface area (Å²) in [6, 6.07) is 19.0. The van der Waals surface area contributed by atoms with Gasteiger partial charge in [-0.2, -0.15) is 5.26 Å². The summed E-state index contributed by atoms with van der Waals surface area (Å²) in [5.41, 5.74) is 6.55. The van der Waals surface area contributed by atoms with Crippen LogP contribution in [0.3, 0.4) is 0 Å². The third-order valence-corrected chi connectivity index (χ3v) is 8.32. The van der Waals surface area contributed by atoms with Gasteiger partial charge < -0.3 is 9.13 Å². The lowest BCUT2D eigenvalue weighted by Gasteiger charge is -2.08. The summed E-state index contributed by atoms with van der Waals surface area (Å²) < 4.78 is 8.14. The first-order valence-corrected chi connectivity index (χ1v) is 16.2. The monoisotopic (exact) mass is 666 g/mol. The van der Waals surface area contributed by atoms with Crippen molar-refractivity contribution in [1.29, 1.82) is 5.26 Å². The van der Waals surface area contributed by atoms with Crippen LogP contribution in [0.15, 0.2) is 104 Å². The van der Waals surface area contributed by atoms with Gasteiger partial charge in [0.05, 0.1) is 36.1 Å². The number of hydrogen-bond acceptors (Lipinski definition) is 8. The fourth-order valence-corrected chi connectivity index (χ4v) is 6.08. The molecule has 0 amide bonds. The highest BCUT2D eigenvalue weighted by Crippen LogP contribution is 2.22. The molecule has 7 heterocycles. The van der Waals surface area contributed by atoms with Gasteiger partial charge >= 0.3 is 0 Å². The summed E-state index contributed by atoms with van der Waals surface area (Å²) in [5, 5.41) is 9.57. The molecule has 49 heavy (non-hydrogen) atoms. The number of hydrogen-bond donors (Lipinski definition) is 0. The van der Waals surface area contributed by atoms with Crippen molar-refractivity contribution in [2.45, 2.75) is 39.8 Å². The number of halogens is 1. The molecule has 242 valence electrons. The molecule has 0 unspecified atom stereocenters. The van der Waals surface area contributed by atoms with Gasteiger partial charge in [0, 0.05) is 66.5 Å². The Morgan fingerprint density at radius 3 is 1.84 bits per heavy atom. The fourth-order valence-electron chi connectivity index (χ4n) is 5.91. The second-order valence-corrected chi connectivity index (χ2v) is 11.5. The smallest absolute Gasteiger partial charge is 0.234 e. The molecule has 0 spiro atoms. The molecule has 0 aliphatic rings. The minimum absolute atomic E-state index is 0.452. The van der Waals surface area contributed by atoms with Crippen LogP contribution in [0.5, 0.6) is 0 Å². The maximum Gasteiger partial charge on any atom is 0.234 e. The van der Waals surface area contributed by atoms with Gasteiger partial charge in [0.25, 0.3) is 0 Å². The standard InChI is InChI=1S/C19H16N6.C17H15ClN6/c1-2-17-16(23-19-22-7-4-9-25(17)19)13-24-10-8-21-18(24)15-6-3-5-14(11-15)12-20;1-2-14-13(22-17-20-7-4-9-24(14)17)11-23-10-8-19-16(23)12-5-3-6-15(18)21-12/h3-11H,2,13H2,1H3;3-10H,2,11H2,1H3. The van der Waals surface area contributed by atoms with Gasteiger partial charge in [-0.05, 0) is 49.2 Å². The van der Waals surface area contributed by atoms with Crippen LogP contribution in [0.4, 0.5) is 0 Å². The second kappa shape index (κ2) is 13.9. The van der Waals surface area contributed by atoms with Crippen LogP contribution in [0.25, 0.3) is 34.5 Å². The summed E-state index contributed by atoms with van der Waals surface area (Å²) >= 11 is 6.00. The highest BCUT2D eigenvalue weighted by molar-refractivity contribution is 6.29. The van der Waals surface area contributed by atoms with Crippen molar-refractivity contribution in [2.24, 2.45) is 0 Å². The highest BCUT2D eigenvalue weighted by atomic mass is 35.5. The Morgan fingerprint density at radius 2 is 1.24 bits per heavy atom. The van der Waals surface area contributed by atoms with E-state index in [0.29, 0.717) is 35.4 Å². The van der Waals surface area contributed by atoms with E-state index in [-0.39, 0.29) is 0 Å². The maximum atomic E-state index is 9.12. The van der Waals surface area contributed by atoms with E-state index < -0.39 is 0 Å². The topological polar surface area (TPSA) is 133 Å². The Bertz CT molecular complexity index is 2430. The van der Waals surface area contributed by atoms with Crippen LogP contribution in [-0.4, -0.2) is 52.8 Å². The lowest BCUT2D eigenvalue weighted by molar-refractivity contribution is 0.770. The van der Waals surface area contributed by atoms with Crippen molar-refractivity contribution >= 4 is 23.2 Å². The van der Waals surface area contributed by atoms with E-state index in [2.05, 4.69) is 59.4 Å². The van der Waals surface area contributed by atoms with Crippen LogP contribution in [0, 0.1) is 11.3 Å². The molecule has 0 aliphatic heterocycles. The van der Waals surface area contributed by atoms with Crippen molar-refractivity contribution in [3.8, 4) is 29.0 Å². The molecule has 1 aromatic carbocycles. The van der Waals surface area contributed by atoms with E-state index in [1.807, 2.05) is 80.6 Å². The number of imidazole rings is 4. The molecule has 0 saturated heterocycles. The highest BCUT2D eigenvalue weighted by Gasteiger charge is 2.16. The van der Waals surface area contributed by atoms with E-state index >= 15 is 0 Å². The number of nitriles is 1. The van der Waals surface area contributed by atoms with E-state index in [0.717, 1.165) is 58.5 Å². The Morgan fingerprint density at radius 1 is 0.653 bits per heavy atom. The van der Waals surface area contributed by atoms with Gasteiger partial charge in [0.15, 0.2) is 5.82 Å². The quantitative estimate of drug-likeness (QED) is 0.172. The fraction of sp³-hybridized carbons (Fsp3) is 0.167. The molecule has 7 aromatic heterocycles. The van der Waals surface area contributed by atoms with Crippen molar-refractivity contribution in [3.63, 3.8) is 0 Å². The van der Waals surface area contributed by atoms with Gasteiger partial charge in [-0.15, -0.1) is 0 Å². The third kappa shape index (κ3) is 6.39. The van der Waals surface area contributed by atoms with Crippen LogP contribution in [-0.2, 0) is 25.9 Å². The molecule has 0 atom stereocenters. The summed E-state index contributed by atoms with van der Waals surface area (Å²) in [7, 11) is 0. The van der Waals surface area contributed by atoms with Crippen molar-refractivity contribution in [2.75, 3.05) is 0 Å². The Balaban J connectivity index is 0.000000154. The molecular formula is C36H31ClN12. The summed E-state index contributed by atoms with van der Waals surface area (Å²) in [4.78, 5) is 31.3. The van der Waals surface area contributed by atoms with Crippen molar-refractivity contribution in [1.82, 2.24) is 52.8 Å². The van der Waals surface area contributed by atoms with Gasteiger partial charge in [0.2, 0.25) is 11.6 Å². The molecule has 0 aliphatic carbocycles. The minimum atomic E-state index is 0.452. The minimum Gasteiger partial charge on any atom is -0.325 e. The second-order valence-electron chi connectivity index (χ2n) is 11.1. The zero-order valence-electron chi connectivity index (χ0n) is 26.9. The van der Waals surface area contributed by atoms with E-state index in [1.54, 1.807) is 36.9 Å². The number of aryl methyl sites for hydroxylation is 2. The summed E-state index contributed by atoms with van der Waals surface area (Å²) in [5.74, 6) is 3.02. The van der Waals surface area contributed by atoms with Crippen LogP contribution >= 0.6 is 11.6 Å². The van der Waals surface area contributed by atoms with E-state index in [9.17, 15) is 0 Å². The molecular weight excluding hydrogens is 636 g/mol. The SMILES string of the molecule is CCc1c(Cn2ccnc2-c2cccc(C#N)c2)nc2ncccn12.CCc1c(Cn2ccnc2-c2cccc(Cl)n2)nc2ncccn12. The molecule has 0 saturated carbocycles. The number of pyridine rings is 1. The van der Waals surface area contributed by atoms with Crippen molar-refractivity contribution < 1.29 is 0 Å². The van der Waals surface area contributed by atoms with Gasteiger partial charge in [-0.25, -0.2) is 34.9 Å². The Labute approximate surface area is 287 Å². The van der Waals surface area contributed by atoms with E-state index in [1.165, 1.54) is 0 Å². The average Bonchev–Trinajstić information content (AvgIpc) is 3.93. The first-order valence-electron chi connectivity index (χ1n) is 15.8. The third-order valence-electron chi connectivity index (χ3n) is 8.11. The molecule has 0 fully saturated rings. The largest absolute Gasteiger partial charge is 0.325 e. The predicted octanol–water partition coefficient (Wildman–Crippen LogP) is 6.33. The molecule has 8 rings (SSSR count). The number of nitrogens with zero attached hydrogens (tertiary/aromatic N) is 12. The summed E-state index contributed by atoms with van der Waals surface area (Å²) in [6.07, 6.45) is 16.6. The van der Waals surface area contributed by atoms with Crippen LogP contribution < -0.4 is 0 Å². The first-order chi connectivity index (χ1) is 24.1. The van der Waals surface area contributed by atoms with E-state index in [4.69, 9.17) is 16.9 Å². The summed E-state index contributed by atoms with van der Waals surface area (Å²) in [6.45, 7) is 5.45. The van der Waals surface area contributed by atoms with Gasteiger partial charge in [-0.1, -0.05) is 43.6 Å². The van der Waals surface area contributed by atoms with Gasteiger partial charge in [-0.3, -0.25) is 8.80 Å².